The number of para-hydroxylation sites is 1. The van der Waals surface area contributed by atoms with Crippen molar-refractivity contribution in [3.63, 3.8) is 0 Å². The van der Waals surface area contributed by atoms with E-state index < -0.39 is 15.9 Å². The molecule has 0 saturated heterocycles. The van der Waals surface area contributed by atoms with Gasteiger partial charge in [-0.15, -0.1) is 0 Å². The van der Waals surface area contributed by atoms with E-state index in [9.17, 15) is 13.2 Å². The molecular weight excluding hydrogens is 456 g/mol. The molecule has 9 heteroatoms. The van der Waals surface area contributed by atoms with Gasteiger partial charge in [-0.2, -0.15) is 0 Å². The maximum absolute atomic E-state index is 12.8. The van der Waals surface area contributed by atoms with Gasteiger partial charge in [0.25, 0.3) is 15.9 Å². The Labute approximate surface area is 198 Å². The number of carbonyl (C=O) groups is 1. The van der Waals surface area contributed by atoms with Crippen molar-refractivity contribution < 1.29 is 27.4 Å². The molecule has 0 aromatic heterocycles. The molecule has 0 aliphatic carbocycles. The number of benzene rings is 3. The summed E-state index contributed by atoms with van der Waals surface area (Å²) in [4.78, 5) is 12.5. The fourth-order valence-electron chi connectivity index (χ4n) is 3.66. The van der Waals surface area contributed by atoms with Crippen molar-refractivity contribution in [2.45, 2.75) is 30.8 Å². The van der Waals surface area contributed by atoms with Crippen molar-refractivity contribution in [2.24, 2.45) is 0 Å². The van der Waals surface area contributed by atoms with Crippen LogP contribution in [0.15, 0.2) is 71.6 Å². The van der Waals surface area contributed by atoms with E-state index >= 15 is 0 Å². The number of carbonyl (C=O) groups excluding carboxylic acids is 1. The molecule has 1 aliphatic rings. The lowest BCUT2D eigenvalue weighted by Crippen LogP contribution is -2.25. The van der Waals surface area contributed by atoms with E-state index in [0.717, 1.165) is 12.0 Å². The molecule has 0 radical (unpaired) electrons. The lowest BCUT2D eigenvalue weighted by molar-refractivity contribution is -0.118. The van der Waals surface area contributed by atoms with Crippen LogP contribution in [0.2, 0.25) is 0 Å². The van der Waals surface area contributed by atoms with Crippen molar-refractivity contribution in [1.82, 2.24) is 0 Å². The van der Waals surface area contributed by atoms with Crippen LogP contribution in [0.4, 0.5) is 11.4 Å². The van der Waals surface area contributed by atoms with E-state index in [-0.39, 0.29) is 17.1 Å². The number of rotatable bonds is 8. The van der Waals surface area contributed by atoms with Gasteiger partial charge in [-0.1, -0.05) is 18.2 Å². The van der Waals surface area contributed by atoms with Crippen LogP contribution in [0.1, 0.15) is 19.4 Å². The van der Waals surface area contributed by atoms with Crippen molar-refractivity contribution >= 4 is 27.3 Å². The third kappa shape index (κ3) is 5.43. The van der Waals surface area contributed by atoms with Gasteiger partial charge in [0, 0.05) is 23.4 Å². The number of nitrogens with one attached hydrogen (secondary N) is 2. The van der Waals surface area contributed by atoms with Gasteiger partial charge in [-0.3, -0.25) is 9.52 Å². The summed E-state index contributed by atoms with van der Waals surface area (Å²) < 4.78 is 44.8. The Morgan fingerprint density at radius 1 is 1.03 bits per heavy atom. The predicted molar refractivity (Wildman–Crippen MR) is 129 cm³/mol. The van der Waals surface area contributed by atoms with Crippen LogP contribution < -0.4 is 24.2 Å². The maximum atomic E-state index is 12.8. The molecule has 0 spiro atoms. The predicted octanol–water partition coefficient (Wildman–Crippen LogP) is 4.23. The molecule has 0 fully saturated rings. The highest BCUT2D eigenvalue weighted by Crippen LogP contribution is 2.41. The largest absolute Gasteiger partial charge is 0.497 e. The SMILES string of the molecule is COc1ccc(NS(=O)(=O)c2cccc(NC(=O)COc3cccc4c3OC(C)(C)C4)c2)cc1. The average Bonchev–Trinajstić information content (AvgIpc) is 3.12. The van der Waals surface area contributed by atoms with Gasteiger partial charge in [0.2, 0.25) is 0 Å². The van der Waals surface area contributed by atoms with Gasteiger partial charge in [0.05, 0.1) is 12.0 Å². The van der Waals surface area contributed by atoms with Gasteiger partial charge in [0.15, 0.2) is 18.1 Å². The summed E-state index contributed by atoms with van der Waals surface area (Å²) in [6, 6.07) is 18.1. The molecule has 178 valence electrons. The summed E-state index contributed by atoms with van der Waals surface area (Å²) in [7, 11) is -2.32. The van der Waals surface area contributed by atoms with Crippen molar-refractivity contribution in [2.75, 3.05) is 23.8 Å². The van der Waals surface area contributed by atoms with E-state index in [2.05, 4.69) is 10.0 Å². The Morgan fingerprint density at radius 3 is 2.50 bits per heavy atom. The normalized spacial score (nSPS) is 14.0. The zero-order valence-electron chi connectivity index (χ0n) is 19.1. The number of methoxy groups -OCH3 is 1. The van der Waals surface area contributed by atoms with Gasteiger partial charge in [-0.25, -0.2) is 8.42 Å². The lowest BCUT2D eigenvalue weighted by Gasteiger charge is -2.18. The second-order valence-corrected chi connectivity index (χ2v) is 10.2. The molecule has 0 bridgehead atoms. The number of amides is 1. The van der Waals surface area contributed by atoms with E-state index in [0.29, 0.717) is 28.6 Å². The highest BCUT2D eigenvalue weighted by atomic mass is 32.2. The van der Waals surface area contributed by atoms with Crippen molar-refractivity contribution in [1.29, 1.82) is 0 Å². The molecule has 1 aliphatic heterocycles. The molecule has 34 heavy (non-hydrogen) atoms. The number of ether oxygens (including phenoxy) is 3. The molecule has 0 saturated carbocycles. The van der Waals surface area contributed by atoms with Gasteiger partial charge in [0.1, 0.15) is 11.4 Å². The monoisotopic (exact) mass is 482 g/mol. The Balaban J connectivity index is 1.40. The molecule has 3 aromatic rings. The zero-order valence-corrected chi connectivity index (χ0v) is 19.9. The first-order valence-electron chi connectivity index (χ1n) is 10.7. The summed E-state index contributed by atoms with van der Waals surface area (Å²) in [5.41, 5.74) is 1.44. The summed E-state index contributed by atoms with van der Waals surface area (Å²) in [6.45, 7) is 3.74. The quantitative estimate of drug-likeness (QED) is 0.498. The van der Waals surface area contributed by atoms with Crippen LogP contribution in [0.5, 0.6) is 17.2 Å². The highest BCUT2D eigenvalue weighted by molar-refractivity contribution is 7.92. The first-order valence-corrected chi connectivity index (χ1v) is 12.1. The second-order valence-electron chi connectivity index (χ2n) is 8.48. The molecule has 1 heterocycles. The molecule has 8 nitrogen and oxygen atoms in total. The third-order valence-electron chi connectivity index (χ3n) is 5.18. The Kier molecular flexibility index (Phi) is 6.39. The van der Waals surface area contributed by atoms with Crippen LogP contribution in [0.25, 0.3) is 0 Å². The number of fused-ring (bicyclic) bond motifs is 1. The number of anilines is 2. The van der Waals surface area contributed by atoms with E-state index in [1.807, 2.05) is 26.0 Å². The molecular formula is C25H26N2O6S. The number of hydrogen-bond donors (Lipinski definition) is 2. The fourth-order valence-corrected chi connectivity index (χ4v) is 4.76. The van der Waals surface area contributed by atoms with Gasteiger partial charge in [-0.05, 0) is 62.4 Å². The highest BCUT2D eigenvalue weighted by Gasteiger charge is 2.32. The summed E-state index contributed by atoms with van der Waals surface area (Å²) in [5, 5.41) is 2.67. The van der Waals surface area contributed by atoms with Crippen molar-refractivity contribution in [3.8, 4) is 17.2 Å². The molecule has 4 rings (SSSR count). The Hall–Kier alpha value is -3.72. The standard InChI is InChI=1S/C25H26N2O6S/c1-25(2)15-17-6-4-9-22(24(17)33-25)32-16-23(28)26-19-7-5-8-21(14-19)34(29,30)27-18-10-12-20(31-3)13-11-18/h4-14,27H,15-16H2,1-3H3,(H,26,28). The summed E-state index contributed by atoms with van der Waals surface area (Å²) >= 11 is 0. The number of hydrogen-bond acceptors (Lipinski definition) is 6. The maximum Gasteiger partial charge on any atom is 0.262 e. The Bertz CT molecular complexity index is 1300. The minimum atomic E-state index is -3.85. The first-order chi connectivity index (χ1) is 16.1. The molecule has 0 unspecified atom stereocenters. The van der Waals surface area contributed by atoms with E-state index in [4.69, 9.17) is 14.2 Å². The lowest BCUT2D eigenvalue weighted by atomic mass is 10.0. The van der Waals surface area contributed by atoms with E-state index in [1.54, 1.807) is 42.5 Å². The number of sulfonamides is 1. The van der Waals surface area contributed by atoms with E-state index in [1.165, 1.54) is 19.2 Å². The Morgan fingerprint density at radius 2 is 1.76 bits per heavy atom. The third-order valence-corrected chi connectivity index (χ3v) is 6.56. The first kappa shape index (κ1) is 23.4. The molecule has 3 aromatic carbocycles. The minimum absolute atomic E-state index is 0.0125. The average molecular weight is 483 g/mol. The van der Waals surface area contributed by atoms with Crippen LogP contribution in [0, 0.1) is 0 Å². The smallest absolute Gasteiger partial charge is 0.262 e. The van der Waals surface area contributed by atoms with Gasteiger partial charge >= 0.3 is 0 Å². The van der Waals surface area contributed by atoms with Crippen LogP contribution in [0.3, 0.4) is 0 Å². The summed E-state index contributed by atoms with van der Waals surface area (Å²) in [6.07, 6.45) is 0.761. The topological polar surface area (TPSA) is 103 Å². The molecule has 2 N–H and O–H groups in total. The second kappa shape index (κ2) is 9.26. The van der Waals surface area contributed by atoms with Crippen molar-refractivity contribution in [3.05, 3.63) is 72.3 Å². The molecule has 0 atom stereocenters. The summed E-state index contributed by atoms with van der Waals surface area (Å²) in [5.74, 6) is 1.34. The zero-order chi connectivity index (χ0) is 24.3. The van der Waals surface area contributed by atoms with Crippen LogP contribution in [-0.2, 0) is 21.2 Å². The molecule has 1 amide bonds. The van der Waals surface area contributed by atoms with Gasteiger partial charge < -0.3 is 19.5 Å². The van der Waals surface area contributed by atoms with Crippen LogP contribution >= 0.6 is 0 Å². The fraction of sp³-hybridized carbons (Fsp3) is 0.240. The van der Waals surface area contributed by atoms with Crippen LogP contribution in [-0.4, -0.2) is 33.6 Å². The minimum Gasteiger partial charge on any atom is -0.497 e.